The monoisotopic (exact) mass is 515 g/mol. The number of carbonyl (C=O) groups excluding carboxylic acids is 1. The van der Waals surface area contributed by atoms with Crippen LogP contribution in [0.1, 0.15) is 22.9 Å². The van der Waals surface area contributed by atoms with Crippen LogP contribution in [0.5, 0.6) is 5.75 Å². The number of aliphatic hydroxyl groups is 1. The molecule has 0 aliphatic carbocycles. The summed E-state index contributed by atoms with van der Waals surface area (Å²) < 4.78 is 21.0. The molecule has 0 saturated carbocycles. The van der Waals surface area contributed by atoms with Crippen molar-refractivity contribution in [3.8, 4) is 5.75 Å². The Morgan fingerprint density at radius 3 is 2.66 bits per heavy atom. The fourth-order valence-corrected chi connectivity index (χ4v) is 6.23. The van der Waals surface area contributed by atoms with Gasteiger partial charge in [-0.1, -0.05) is 6.07 Å². The van der Waals surface area contributed by atoms with Crippen molar-refractivity contribution >= 4 is 22.6 Å². The van der Waals surface area contributed by atoms with Crippen LogP contribution in [-0.2, 0) is 19.0 Å². The van der Waals surface area contributed by atoms with Gasteiger partial charge in [-0.3, -0.25) is 9.88 Å². The van der Waals surface area contributed by atoms with Crippen LogP contribution in [0.15, 0.2) is 67.0 Å². The van der Waals surface area contributed by atoms with E-state index in [-0.39, 0.29) is 23.9 Å². The van der Waals surface area contributed by atoms with E-state index in [0.29, 0.717) is 12.2 Å². The van der Waals surface area contributed by atoms with Gasteiger partial charge >= 0.3 is 6.03 Å². The summed E-state index contributed by atoms with van der Waals surface area (Å²) >= 11 is 0. The highest BCUT2D eigenvalue weighted by atomic mass is 19.1. The summed E-state index contributed by atoms with van der Waals surface area (Å²) in [7, 11) is 3.62. The topological polar surface area (TPSA) is 82.9 Å². The van der Waals surface area contributed by atoms with Gasteiger partial charge in [0.05, 0.1) is 25.3 Å². The van der Waals surface area contributed by atoms with E-state index in [9.17, 15) is 14.3 Å². The third-order valence-corrected chi connectivity index (χ3v) is 7.86. The molecule has 38 heavy (non-hydrogen) atoms. The molecule has 8 nitrogen and oxygen atoms in total. The number of nitrogens with one attached hydrogen (secondary N) is 1. The zero-order chi connectivity index (χ0) is 26.4. The summed E-state index contributed by atoms with van der Waals surface area (Å²) in [4.78, 5) is 21.9. The zero-order valence-corrected chi connectivity index (χ0v) is 21.4. The van der Waals surface area contributed by atoms with Gasteiger partial charge in [0.25, 0.3) is 0 Å². The lowest BCUT2D eigenvalue weighted by molar-refractivity contribution is 0.00761. The summed E-state index contributed by atoms with van der Waals surface area (Å²) in [6.07, 6.45) is 3.65. The number of likely N-dealkylation sites (tertiary alicyclic amines) is 1. The molecule has 2 aromatic carbocycles. The van der Waals surface area contributed by atoms with Crippen LogP contribution in [0.2, 0.25) is 0 Å². The Bertz CT molecular complexity index is 1480. The molecule has 0 unspecified atom stereocenters. The molecule has 0 radical (unpaired) electrons. The molecule has 6 rings (SSSR count). The summed E-state index contributed by atoms with van der Waals surface area (Å²) in [5.74, 6) is 0.384. The van der Waals surface area contributed by atoms with E-state index < -0.39 is 6.04 Å². The number of aryl methyl sites for hydroxylation is 1. The molecule has 0 bridgehead atoms. The molecule has 2 aliphatic heterocycles. The fourth-order valence-electron chi connectivity index (χ4n) is 6.23. The third kappa shape index (κ3) is 3.99. The molecule has 1 atom stereocenters. The number of fused-ring (bicyclic) bond motifs is 4. The number of carbonyl (C=O) groups is 1. The van der Waals surface area contributed by atoms with Crippen LogP contribution >= 0.6 is 0 Å². The number of halogens is 1. The smallest absolute Gasteiger partial charge is 0.322 e. The van der Waals surface area contributed by atoms with Gasteiger partial charge in [-0.2, -0.15) is 0 Å². The average molecular weight is 516 g/mol. The van der Waals surface area contributed by atoms with Gasteiger partial charge in [0.2, 0.25) is 0 Å². The molecule has 2 N–H and O–H groups in total. The molecule has 1 saturated heterocycles. The van der Waals surface area contributed by atoms with Crippen LogP contribution in [0.25, 0.3) is 10.9 Å². The number of pyridine rings is 1. The van der Waals surface area contributed by atoms with Gasteiger partial charge in [0.1, 0.15) is 11.6 Å². The van der Waals surface area contributed by atoms with E-state index in [1.54, 1.807) is 18.2 Å². The van der Waals surface area contributed by atoms with Gasteiger partial charge in [0.15, 0.2) is 0 Å². The Hall–Kier alpha value is -3.95. The number of methoxy groups -OCH3 is 1. The number of ether oxygens (including phenoxy) is 1. The number of nitrogens with zero attached hydrogens (tertiary/aromatic N) is 4. The highest BCUT2D eigenvalue weighted by molar-refractivity contribution is 5.92. The van der Waals surface area contributed by atoms with Crippen LogP contribution < -0.4 is 10.1 Å². The molecule has 9 heteroatoms. The van der Waals surface area contributed by atoms with Crippen molar-refractivity contribution in [2.75, 3.05) is 38.7 Å². The van der Waals surface area contributed by atoms with Gasteiger partial charge in [0, 0.05) is 73.9 Å². The van der Waals surface area contributed by atoms with Crippen LogP contribution in [0.4, 0.5) is 14.9 Å². The van der Waals surface area contributed by atoms with Crippen LogP contribution in [0, 0.1) is 5.82 Å². The molecular formula is C29H30FN5O3. The number of amides is 2. The fraction of sp³-hybridized carbons (Fsp3) is 0.310. The van der Waals surface area contributed by atoms with E-state index in [0.717, 1.165) is 47.5 Å². The standard InChI is InChI=1S/C29H30FN5O3/c1-33-24-12-22(38-2)9-10-23(24)26-27(33)25(15-36)35(28(37)32-21-7-5-20(30)6-8-21)18-29(26)16-34(17-29)14-19-4-3-11-31-13-19/h3-13,25,36H,14-18H2,1-2H3,(H,32,37)/t25-/m1/s1. The lowest BCUT2D eigenvalue weighted by atomic mass is 9.68. The molecule has 2 aromatic heterocycles. The maximum atomic E-state index is 13.6. The minimum Gasteiger partial charge on any atom is -0.497 e. The molecule has 1 spiro atoms. The lowest BCUT2D eigenvalue weighted by Gasteiger charge is -2.56. The van der Waals surface area contributed by atoms with Crippen molar-refractivity contribution < 1.29 is 19.0 Å². The summed E-state index contributed by atoms with van der Waals surface area (Å²) in [6, 6.07) is 14.9. The predicted octanol–water partition coefficient (Wildman–Crippen LogP) is 4.06. The number of rotatable bonds is 5. The second kappa shape index (κ2) is 9.41. The van der Waals surface area contributed by atoms with E-state index in [1.807, 2.05) is 31.4 Å². The first-order valence-electron chi connectivity index (χ1n) is 12.6. The Morgan fingerprint density at radius 1 is 1.18 bits per heavy atom. The summed E-state index contributed by atoms with van der Waals surface area (Å²) in [5.41, 5.74) is 4.44. The Labute approximate surface area is 220 Å². The number of benzene rings is 2. The van der Waals surface area contributed by atoms with E-state index >= 15 is 0 Å². The first-order chi connectivity index (χ1) is 18.4. The van der Waals surface area contributed by atoms with Gasteiger partial charge in [-0.25, -0.2) is 9.18 Å². The Balaban J connectivity index is 1.40. The maximum absolute atomic E-state index is 13.6. The molecular weight excluding hydrogens is 485 g/mol. The number of hydrogen-bond acceptors (Lipinski definition) is 5. The number of aromatic nitrogens is 2. The van der Waals surface area contributed by atoms with E-state index in [4.69, 9.17) is 4.74 Å². The lowest BCUT2D eigenvalue weighted by Crippen LogP contribution is -2.67. The molecule has 196 valence electrons. The highest BCUT2D eigenvalue weighted by Crippen LogP contribution is 2.50. The van der Waals surface area contributed by atoms with Crippen LogP contribution in [0.3, 0.4) is 0 Å². The summed E-state index contributed by atoms with van der Waals surface area (Å²) in [6.45, 7) is 2.53. The molecule has 2 amide bonds. The minimum atomic E-state index is -0.535. The van der Waals surface area contributed by atoms with Gasteiger partial charge < -0.3 is 24.6 Å². The largest absolute Gasteiger partial charge is 0.497 e. The highest BCUT2D eigenvalue weighted by Gasteiger charge is 2.54. The number of aliphatic hydroxyl groups excluding tert-OH is 1. The zero-order valence-electron chi connectivity index (χ0n) is 21.4. The van der Waals surface area contributed by atoms with E-state index in [2.05, 4.69) is 31.9 Å². The van der Waals surface area contributed by atoms with Crippen molar-refractivity contribution in [2.24, 2.45) is 7.05 Å². The third-order valence-electron chi connectivity index (χ3n) is 7.86. The molecule has 2 aliphatic rings. The van der Waals surface area contributed by atoms with Crippen molar-refractivity contribution in [3.63, 3.8) is 0 Å². The van der Waals surface area contributed by atoms with Crippen molar-refractivity contribution in [1.82, 2.24) is 19.4 Å². The van der Waals surface area contributed by atoms with Gasteiger partial charge in [-0.15, -0.1) is 0 Å². The normalized spacial score (nSPS) is 18.3. The first kappa shape index (κ1) is 24.4. The number of hydrogen-bond donors (Lipinski definition) is 2. The van der Waals surface area contributed by atoms with Crippen molar-refractivity contribution in [3.05, 3.63) is 89.6 Å². The predicted molar refractivity (Wildman–Crippen MR) is 143 cm³/mol. The van der Waals surface area contributed by atoms with Crippen molar-refractivity contribution in [1.29, 1.82) is 0 Å². The van der Waals surface area contributed by atoms with Crippen molar-refractivity contribution in [2.45, 2.75) is 18.0 Å². The molecule has 1 fully saturated rings. The number of anilines is 1. The minimum absolute atomic E-state index is 0.222. The quantitative estimate of drug-likeness (QED) is 0.419. The number of urea groups is 1. The van der Waals surface area contributed by atoms with Gasteiger partial charge in [-0.05, 0) is 53.6 Å². The van der Waals surface area contributed by atoms with Crippen LogP contribution in [-0.4, -0.2) is 63.8 Å². The summed E-state index contributed by atoms with van der Waals surface area (Å²) in [5, 5.41) is 14.6. The molecule has 4 heterocycles. The molecule has 4 aromatic rings. The Morgan fingerprint density at radius 2 is 1.97 bits per heavy atom. The second-order valence-electron chi connectivity index (χ2n) is 10.3. The maximum Gasteiger partial charge on any atom is 0.322 e. The average Bonchev–Trinajstić information content (AvgIpc) is 3.21. The Kier molecular flexibility index (Phi) is 6.04. The SMILES string of the molecule is COc1ccc2c3c(n(C)c2c1)[C@@H](CO)N(C(=O)Nc1ccc(F)cc1)CC31CN(Cc2cccnc2)C1. The first-order valence-corrected chi connectivity index (χ1v) is 12.6. The second-order valence-corrected chi connectivity index (χ2v) is 10.3. The van der Waals surface area contributed by atoms with E-state index in [1.165, 1.54) is 29.8 Å².